The minimum absolute atomic E-state index is 0.161. The third kappa shape index (κ3) is 5.25. The van der Waals surface area contributed by atoms with Crippen LogP contribution in [0, 0.1) is 0 Å². The van der Waals surface area contributed by atoms with Crippen molar-refractivity contribution in [3.63, 3.8) is 0 Å². The Balaban J connectivity index is 1.66. The Bertz CT molecular complexity index is 812. The molecule has 3 aromatic carbocycles. The molecule has 0 bridgehead atoms. The lowest BCUT2D eigenvalue weighted by Crippen LogP contribution is -2.44. The number of aromatic hydroxyl groups is 1. The summed E-state index contributed by atoms with van der Waals surface area (Å²) >= 11 is 0. The van der Waals surface area contributed by atoms with E-state index in [1.165, 1.54) is 12.1 Å². The molecule has 0 saturated carbocycles. The van der Waals surface area contributed by atoms with Gasteiger partial charge in [-0.2, -0.15) is 0 Å². The molecule has 5 nitrogen and oxygen atoms in total. The van der Waals surface area contributed by atoms with Crippen LogP contribution in [-0.4, -0.2) is 17.4 Å². The van der Waals surface area contributed by atoms with Crippen LogP contribution in [0.2, 0.25) is 0 Å². The lowest BCUT2D eigenvalue weighted by molar-refractivity contribution is 0.176. The molecule has 0 aliphatic heterocycles. The summed E-state index contributed by atoms with van der Waals surface area (Å²) in [5.74, 6) is 0.720. The molecule has 138 valence electrons. The molecule has 0 fully saturated rings. The maximum Gasteiger partial charge on any atom is 0.318 e. The molecule has 0 saturated heterocycles. The molecule has 0 heterocycles. The summed E-state index contributed by atoms with van der Waals surface area (Å²) in [7, 11) is 0. The maximum atomic E-state index is 12.5. The van der Waals surface area contributed by atoms with Crippen molar-refractivity contribution < 1.29 is 14.6 Å². The van der Waals surface area contributed by atoms with E-state index in [2.05, 4.69) is 10.6 Å². The van der Waals surface area contributed by atoms with Crippen LogP contribution in [0.1, 0.15) is 24.1 Å². The third-order valence-electron chi connectivity index (χ3n) is 4.03. The Morgan fingerprint density at radius 3 is 1.85 bits per heavy atom. The SMILES string of the molecule is CC(NC(=O)NC(c1ccccc1)c1ccccc1)Oc1ccc(O)cc1. The molecule has 5 heteroatoms. The fourth-order valence-corrected chi connectivity index (χ4v) is 2.77. The molecule has 1 atom stereocenters. The van der Waals surface area contributed by atoms with Gasteiger partial charge >= 0.3 is 6.03 Å². The monoisotopic (exact) mass is 362 g/mol. The van der Waals surface area contributed by atoms with Crippen LogP contribution < -0.4 is 15.4 Å². The Kier molecular flexibility index (Phi) is 5.94. The van der Waals surface area contributed by atoms with Gasteiger partial charge in [0, 0.05) is 0 Å². The summed E-state index contributed by atoms with van der Waals surface area (Å²) < 4.78 is 5.65. The molecule has 0 aliphatic rings. The van der Waals surface area contributed by atoms with Gasteiger partial charge < -0.3 is 20.5 Å². The van der Waals surface area contributed by atoms with Gasteiger partial charge in [0.05, 0.1) is 6.04 Å². The molecular weight excluding hydrogens is 340 g/mol. The second kappa shape index (κ2) is 8.76. The molecule has 0 aromatic heterocycles. The number of rotatable bonds is 6. The molecular formula is C22H22N2O3. The summed E-state index contributed by atoms with van der Waals surface area (Å²) in [6, 6.07) is 25.3. The van der Waals surface area contributed by atoms with Gasteiger partial charge in [0.15, 0.2) is 6.23 Å². The van der Waals surface area contributed by atoms with E-state index < -0.39 is 6.23 Å². The van der Waals surface area contributed by atoms with Gasteiger partial charge in [-0.25, -0.2) is 4.79 Å². The van der Waals surface area contributed by atoms with Gasteiger partial charge in [-0.05, 0) is 42.3 Å². The second-order valence-electron chi connectivity index (χ2n) is 6.13. The van der Waals surface area contributed by atoms with E-state index in [0.717, 1.165) is 11.1 Å². The van der Waals surface area contributed by atoms with E-state index in [4.69, 9.17) is 4.74 Å². The Hall–Kier alpha value is -3.47. The smallest absolute Gasteiger partial charge is 0.318 e. The zero-order chi connectivity index (χ0) is 19.1. The topological polar surface area (TPSA) is 70.6 Å². The number of carbonyl (C=O) groups is 1. The quantitative estimate of drug-likeness (QED) is 0.576. The Morgan fingerprint density at radius 2 is 1.33 bits per heavy atom. The molecule has 1 unspecified atom stereocenters. The van der Waals surface area contributed by atoms with Gasteiger partial charge in [-0.15, -0.1) is 0 Å². The van der Waals surface area contributed by atoms with Crippen LogP contribution in [0.3, 0.4) is 0 Å². The van der Waals surface area contributed by atoms with E-state index in [1.54, 1.807) is 19.1 Å². The van der Waals surface area contributed by atoms with Crippen molar-refractivity contribution in [2.75, 3.05) is 0 Å². The van der Waals surface area contributed by atoms with Crippen LogP contribution in [0.5, 0.6) is 11.5 Å². The van der Waals surface area contributed by atoms with Crippen LogP contribution in [0.15, 0.2) is 84.9 Å². The van der Waals surface area contributed by atoms with Crippen LogP contribution >= 0.6 is 0 Å². The Morgan fingerprint density at radius 1 is 0.815 bits per heavy atom. The first-order valence-corrected chi connectivity index (χ1v) is 8.74. The lowest BCUT2D eigenvalue weighted by Gasteiger charge is -2.22. The van der Waals surface area contributed by atoms with Gasteiger partial charge in [0.25, 0.3) is 0 Å². The normalized spacial score (nSPS) is 11.6. The highest BCUT2D eigenvalue weighted by molar-refractivity contribution is 5.75. The molecule has 3 aromatic rings. The van der Waals surface area contributed by atoms with E-state index in [1.807, 2.05) is 60.7 Å². The number of nitrogens with one attached hydrogen (secondary N) is 2. The molecule has 0 radical (unpaired) electrons. The van der Waals surface area contributed by atoms with Crippen molar-refractivity contribution in [3.05, 3.63) is 96.1 Å². The van der Waals surface area contributed by atoms with E-state index in [0.29, 0.717) is 5.75 Å². The molecule has 27 heavy (non-hydrogen) atoms. The molecule has 3 N–H and O–H groups in total. The zero-order valence-electron chi connectivity index (χ0n) is 15.0. The number of amides is 2. The predicted octanol–water partition coefficient (Wildman–Crippen LogP) is 4.21. The standard InChI is InChI=1S/C22H22N2O3/c1-16(27-20-14-12-19(25)13-15-20)23-22(26)24-21(17-8-4-2-5-9-17)18-10-6-3-7-11-18/h2-16,21,25H,1H3,(H2,23,24,26). The number of ether oxygens (including phenoxy) is 1. The summed E-state index contributed by atoms with van der Waals surface area (Å²) in [6.07, 6.45) is -0.540. The molecule has 0 aliphatic carbocycles. The zero-order valence-corrected chi connectivity index (χ0v) is 15.0. The number of hydrogen-bond acceptors (Lipinski definition) is 3. The number of hydrogen-bond donors (Lipinski definition) is 3. The van der Waals surface area contributed by atoms with E-state index in [9.17, 15) is 9.90 Å². The van der Waals surface area contributed by atoms with Crippen molar-refractivity contribution in [2.45, 2.75) is 19.2 Å². The van der Waals surface area contributed by atoms with Gasteiger partial charge in [0.1, 0.15) is 11.5 Å². The van der Waals surface area contributed by atoms with E-state index in [-0.39, 0.29) is 17.8 Å². The number of phenolic OH excluding ortho intramolecular Hbond substituents is 1. The average Bonchev–Trinajstić information content (AvgIpc) is 2.69. The summed E-state index contributed by atoms with van der Waals surface area (Å²) in [4.78, 5) is 12.5. The van der Waals surface area contributed by atoms with Crippen molar-refractivity contribution >= 4 is 6.03 Å². The van der Waals surface area contributed by atoms with Gasteiger partial charge in [0.2, 0.25) is 0 Å². The minimum atomic E-state index is -0.540. The average molecular weight is 362 g/mol. The Labute approximate surface area is 158 Å². The predicted molar refractivity (Wildman–Crippen MR) is 105 cm³/mol. The first kappa shape index (κ1) is 18.3. The van der Waals surface area contributed by atoms with Crippen molar-refractivity contribution in [2.24, 2.45) is 0 Å². The fourth-order valence-electron chi connectivity index (χ4n) is 2.77. The molecule has 0 spiro atoms. The summed E-state index contributed by atoms with van der Waals surface area (Å²) in [5, 5.41) is 15.1. The highest BCUT2D eigenvalue weighted by atomic mass is 16.5. The first-order valence-electron chi connectivity index (χ1n) is 8.74. The highest BCUT2D eigenvalue weighted by Gasteiger charge is 2.18. The fraction of sp³-hybridized carbons (Fsp3) is 0.136. The number of urea groups is 1. The highest BCUT2D eigenvalue weighted by Crippen LogP contribution is 2.21. The lowest BCUT2D eigenvalue weighted by atomic mass is 9.99. The second-order valence-corrected chi connectivity index (χ2v) is 6.13. The molecule has 3 rings (SSSR count). The van der Waals surface area contributed by atoms with Gasteiger partial charge in [-0.3, -0.25) is 0 Å². The maximum absolute atomic E-state index is 12.5. The molecule has 2 amide bonds. The number of benzene rings is 3. The largest absolute Gasteiger partial charge is 0.508 e. The van der Waals surface area contributed by atoms with E-state index >= 15 is 0 Å². The van der Waals surface area contributed by atoms with Crippen molar-refractivity contribution in [1.82, 2.24) is 10.6 Å². The van der Waals surface area contributed by atoms with Crippen molar-refractivity contribution in [1.29, 1.82) is 0 Å². The number of phenols is 1. The van der Waals surface area contributed by atoms with Crippen LogP contribution in [-0.2, 0) is 0 Å². The summed E-state index contributed by atoms with van der Waals surface area (Å²) in [6.45, 7) is 1.74. The third-order valence-corrected chi connectivity index (χ3v) is 4.03. The van der Waals surface area contributed by atoms with Crippen LogP contribution in [0.4, 0.5) is 4.79 Å². The van der Waals surface area contributed by atoms with Gasteiger partial charge in [-0.1, -0.05) is 60.7 Å². The number of carbonyl (C=O) groups excluding carboxylic acids is 1. The van der Waals surface area contributed by atoms with Crippen molar-refractivity contribution in [3.8, 4) is 11.5 Å². The first-order chi connectivity index (χ1) is 13.1. The summed E-state index contributed by atoms with van der Waals surface area (Å²) in [5.41, 5.74) is 1.98. The van der Waals surface area contributed by atoms with Crippen LogP contribution in [0.25, 0.3) is 0 Å². The minimum Gasteiger partial charge on any atom is -0.508 e.